The summed E-state index contributed by atoms with van der Waals surface area (Å²) < 4.78 is 18.0. The molecule has 0 atom stereocenters. The minimum atomic E-state index is -1.71. The van der Waals surface area contributed by atoms with Crippen molar-refractivity contribution in [1.82, 2.24) is 14.3 Å². The molecule has 3 aromatic rings. The van der Waals surface area contributed by atoms with E-state index in [2.05, 4.69) is 18.3 Å². The Balaban J connectivity index is 1.32. The van der Waals surface area contributed by atoms with Gasteiger partial charge < -0.3 is 14.2 Å². The molecule has 0 amide bonds. The quantitative estimate of drug-likeness (QED) is 0.611. The van der Waals surface area contributed by atoms with Crippen LogP contribution in [-0.2, 0) is 30.3 Å². The number of hydrogen-bond acceptors (Lipinski definition) is 8. The maximum absolute atomic E-state index is 11.7. The smallest absolute Gasteiger partial charge is 0.389 e. The van der Waals surface area contributed by atoms with Gasteiger partial charge in [0.15, 0.2) is 4.96 Å². The average molecular weight is 411 g/mol. The molecule has 148 valence electrons. The van der Waals surface area contributed by atoms with Gasteiger partial charge in [-0.3, -0.25) is 9.30 Å². The fourth-order valence-corrected chi connectivity index (χ4v) is 4.39. The number of carbonyl (C=O) groups is 2. The van der Waals surface area contributed by atoms with Gasteiger partial charge in [-0.1, -0.05) is 41.7 Å². The first-order chi connectivity index (χ1) is 14.1. The Kier molecular flexibility index (Phi) is 4.42. The molecule has 0 bridgehead atoms. The summed E-state index contributed by atoms with van der Waals surface area (Å²) in [7, 11) is 0. The summed E-state index contributed by atoms with van der Waals surface area (Å²) in [4.78, 5) is 32.2. The number of benzene rings is 1. The van der Waals surface area contributed by atoms with Crippen LogP contribution in [0.3, 0.4) is 0 Å². The van der Waals surface area contributed by atoms with Crippen molar-refractivity contribution in [2.45, 2.75) is 12.5 Å². The highest BCUT2D eigenvalue weighted by molar-refractivity contribution is 7.20. The van der Waals surface area contributed by atoms with Crippen molar-refractivity contribution >= 4 is 28.2 Å². The van der Waals surface area contributed by atoms with E-state index in [4.69, 9.17) is 19.2 Å². The monoisotopic (exact) mass is 411 g/mol. The topological polar surface area (TPSA) is 82.4 Å². The highest BCUT2D eigenvalue weighted by atomic mass is 32.1. The van der Waals surface area contributed by atoms with Gasteiger partial charge in [-0.2, -0.15) is 0 Å². The molecule has 0 radical (unpaired) electrons. The number of thiazole rings is 1. The maximum Gasteiger partial charge on any atom is 0.389 e. The third-order valence-electron chi connectivity index (χ3n) is 4.66. The normalized spacial score (nSPS) is 19.3. The Labute approximate surface area is 169 Å². The number of imidazole rings is 1. The van der Waals surface area contributed by atoms with E-state index in [1.807, 2.05) is 33.7 Å². The summed E-state index contributed by atoms with van der Waals surface area (Å²) >= 11 is 1.62. The summed E-state index contributed by atoms with van der Waals surface area (Å²) in [6, 6.07) is 10.2. The zero-order valence-electron chi connectivity index (χ0n) is 15.3. The van der Waals surface area contributed by atoms with Gasteiger partial charge in [0, 0.05) is 37.6 Å². The molecule has 0 unspecified atom stereocenters. The molecule has 1 aromatic carbocycles. The van der Waals surface area contributed by atoms with Crippen LogP contribution in [-0.4, -0.2) is 51.9 Å². The first-order valence-corrected chi connectivity index (χ1v) is 9.93. The van der Waals surface area contributed by atoms with Crippen LogP contribution in [0.1, 0.15) is 5.69 Å². The second-order valence-electron chi connectivity index (χ2n) is 6.80. The average Bonchev–Trinajstić information content (AvgIpc) is 3.22. The summed E-state index contributed by atoms with van der Waals surface area (Å²) in [6.07, 6.45) is 6.11. The molecule has 2 aliphatic rings. The highest BCUT2D eigenvalue weighted by Crippen LogP contribution is 2.29. The summed E-state index contributed by atoms with van der Waals surface area (Å²) in [5.41, 5.74) is 2.03. The van der Waals surface area contributed by atoms with E-state index >= 15 is 0 Å². The van der Waals surface area contributed by atoms with Gasteiger partial charge in [0.1, 0.15) is 6.54 Å². The molecule has 0 N–H and O–H groups in total. The van der Waals surface area contributed by atoms with Crippen LogP contribution in [0.5, 0.6) is 0 Å². The van der Waals surface area contributed by atoms with Crippen molar-refractivity contribution in [3.05, 3.63) is 60.6 Å². The molecule has 1 saturated heterocycles. The minimum Gasteiger partial charge on any atom is -0.394 e. The molecule has 9 heteroatoms. The molecule has 0 aliphatic carbocycles. The predicted molar refractivity (Wildman–Crippen MR) is 104 cm³/mol. The van der Waals surface area contributed by atoms with Crippen molar-refractivity contribution < 1.29 is 23.8 Å². The van der Waals surface area contributed by atoms with Gasteiger partial charge in [0.2, 0.25) is 0 Å². The van der Waals surface area contributed by atoms with Gasteiger partial charge in [0.25, 0.3) is 0 Å². The Morgan fingerprint density at radius 1 is 1.07 bits per heavy atom. The highest BCUT2D eigenvalue weighted by Gasteiger charge is 2.45. The largest absolute Gasteiger partial charge is 0.394 e. The minimum absolute atomic E-state index is 0.118. The number of ether oxygens (including phenoxy) is 3. The van der Waals surface area contributed by atoms with E-state index in [0.717, 1.165) is 33.2 Å². The molecule has 1 spiro atoms. The first-order valence-electron chi connectivity index (χ1n) is 9.12. The molecule has 2 aromatic heterocycles. The number of carbonyl (C=O) groups excluding carboxylic acids is 2. The van der Waals surface area contributed by atoms with Crippen LogP contribution >= 0.6 is 11.3 Å². The Hall–Kier alpha value is -3.01. The van der Waals surface area contributed by atoms with Gasteiger partial charge in [0.05, 0.1) is 17.2 Å². The lowest BCUT2D eigenvalue weighted by Gasteiger charge is -2.38. The molecule has 0 saturated carbocycles. The molecule has 1 fully saturated rings. The van der Waals surface area contributed by atoms with Gasteiger partial charge in [-0.25, -0.2) is 14.6 Å². The van der Waals surface area contributed by atoms with Crippen molar-refractivity contribution in [2.24, 2.45) is 0 Å². The molecule has 2 aliphatic heterocycles. The van der Waals surface area contributed by atoms with Crippen LogP contribution in [0.25, 0.3) is 15.4 Å². The van der Waals surface area contributed by atoms with Gasteiger partial charge in [-0.05, 0) is 5.56 Å². The molecule has 8 nitrogen and oxygen atoms in total. The van der Waals surface area contributed by atoms with Crippen LogP contribution in [0, 0.1) is 0 Å². The molecular formula is C20H17N3O5S. The zero-order chi connectivity index (χ0) is 19.8. The van der Waals surface area contributed by atoms with E-state index in [1.165, 1.54) is 0 Å². The Bertz CT molecular complexity index is 1050. The first kappa shape index (κ1) is 18.0. The summed E-state index contributed by atoms with van der Waals surface area (Å²) in [5.74, 6) is -3.06. The Morgan fingerprint density at radius 2 is 1.83 bits per heavy atom. The van der Waals surface area contributed by atoms with Crippen LogP contribution in [0.15, 0.2) is 54.9 Å². The SMILES string of the molecule is O=C1C=CC(=O)OC2(CN(Cc3cn4cc(-c5ccccc5)sc4n3)CCO2)O1. The van der Waals surface area contributed by atoms with E-state index in [1.54, 1.807) is 11.3 Å². The molecule has 29 heavy (non-hydrogen) atoms. The number of rotatable bonds is 3. The van der Waals surface area contributed by atoms with Crippen LogP contribution in [0.2, 0.25) is 0 Å². The number of fused-ring (bicyclic) bond motifs is 1. The van der Waals surface area contributed by atoms with E-state index in [0.29, 0.717) is 13.1 Å². The number of esters is 2. The molecular weight excluding hydrogens is 394 g/mol. The summed E-state index contributed by atoms with van der Waals surface area (Å²) in [5, 5.41) is 0. The van der Waals surface area contributed by atoms with Gasteiger partial charge >= 0.3 is 17.9 Å². The lowest BCUT2D eigenvalue weighted by atomic mass is 10.2. The standard InChI is InChI=1S/C20H17N3O5S/c24-17-6-7-18(25)28-20(27-17)13-22(8-9-26-20)10-15-11-23-12-16(29-19(23)21-15)14-4-2-1-3-5-14/h1-7,11-12H,8-10,13H2. The molecule has 5 rings (SSSR count). The van der Waals surface area contributed by atoms with Crippen molar-refractivity contribution in [2.75, 3.05) is 19.7 Å². The lowest BCUT2D eigenvalue weighted by molar-refractivity contribution is -0.360. The van der Waals surface area contributed by atoms with E-state index in [9.17, 15) is 9.59 Å². The van der Waals surface area contributed by atoms with Gasteiger partial charge in [-0.15, -0.1) is 0 Å². The van der Waals surface area contributed by atoms with Crippen LogP contribution < -0.4 is 0 Å². The third kappa shape index (κ3) is 3.67. The van der Waals surface area contributed by atoms with Crippen molar-refractivity contribution in [1.29, 1.82) is 0 Å². The zero-order valence-corrected chi connectivity index (χ0v) is 16.1. The second kappa shape index (κ2) is 7.11. The van der Waals surface area contributed by atoms with Crippen molar-refractivity contribution in [3.63, 3.8) is 0 Å². The van der Waals surface area contributed by atoms with Crippen molar-refractivity contribution in [3.8, 4) is 10.4 Å². The maximum atomic E-state index is 11.7. The lowest BCUT2D eigenvalue weighted by Crippen LogP contribution is -2.55. The van der Waals surface area contributed by atoms with E-state index in [-0.39, 0.29) is 13.2 Å². The summed E-state index contributed by atoms with van der Waals surface area (Å²) in [6.45, 7) is 1.50. The fraction of sp³-hybridized carbons (Fsp3) is 0.250. The number of aromatic nitrogens is 2. The van der Waals surface area contributed by atoms with Crippen LogP contribution in [0.4, 0.5) is 0 Å². The predicted octanol–water partition coefficient (Wildman–Crippen LogP) is 2.21. The fourth-order valence-electron chi connectivity index (χ4n) is 3.40. The number of morpholine rings is 1. The number of nitrogens with zero attached hydrogens (tertiary/aromatic N) is 3. The molecule has 4 heterocycles. The Morgan fingerprint density at radius 3 is 2.55 bits per heavy atom. The third-order valence-corrected chi connectivity index (χ3v) is 5.71. The second-order valence-corrected chi connectivity index (χ2v) is 7.81. The van der Waals surface area contributed by atoms with E-state index < -0.39 is 17.9 Å². The number of hydrogen-bond donors (Lipinski definition) is 0.